The first-order chi connectivity index (χ1) is 10.8. The van der Waals surface area contributed by atoms with Gasteiger partial charge in [-0.2, -0.15) is 0 Å². The molecule has 1 aliphatic carbocycles. The summed E-state index contributed by atoms with van der Waals surface area (Å²) in [5.74, 6) is 1.40. The number of hydrogen-bond donors (Lipinski definition) is 1. The zero-order valence-corrected chi connectivity index (χ0v) is 14.0. The van der Waals surface area contributed by atoms with Gasteiger partial charge in [-0.1, -0.05) is 25.5 Å². The van der Waals surface area contributed by atoms with Crippen molar-refractivity contribution in [2.24, 2.45) is 11.8 Å². The molecular weight excluding hydrogens is 274 g/mol. The minimum absolute atomic E-state index is 0.182. The van der Waals surface area contributed by atoms with Crippen LogP contribution in [0.4, 0.5) is 4.79 Å². The molecule has 2 heterocycles. The molecule has 4 heteroatoms. The number of likely N-dealkylation sites (tertiary alicyclic amines) is 2. The van der Waals surface area contributed by atoms with E-state index in [1.54, 1.807) is 0 Å². The molecule has 0 aromatic carbocycles. The van der Waals surface area contributed by atoms with E-state index in [1.807, 2.05) is 0 Å². The zero-order valence-electron chi connectivity index (χ0n) is 14.0. The molecule has 3 rings (SSSR count). The van der Waals surface area contributed by atoms with Crippen LogP contribution >= 0.6 is 0 Å². The van der Waals surface area contributed by atoms with Crippen molar-refractivity contribution in [2.45, 2.75) is 51.5 Å². The van der Waals surface area contributed by atoms with Gasteiger partial charge >= 0.3 is 6.03 Å². The van der Waals surface area contributed by atoms with Gasteiger partial charge in [0, 0.05) is 32.2 Å². The number of urea groups is 1. The first kappa shape index (κ1) is 15.9. The van der Waals surface area contributed by atoms with Gasteiger partial charge in [-0.25, -0.2) is 4.79 Å². The van der Waals surface area contributed by atoms with Crippen LogP contribution in [0, 0.1) is 11.8 Å². The minimum atomic E-state index is 0.182. The zero-order chi connectivity index (χ0) is 15.4. The van der Waals surface area contributed by atoms with Crippen LogP contribution in [0.5, 0.6) is 0 Å². The monoisotopic (exact) mass is 305 g/mol. The largest absolute Gasteiger partial charge is 0.335 e. The third kappa shape index (κ3) is 3.83. The Balaban J connectivity index is 1.40. The van der Waals surface area contributed by atoms with E-state index in [2.05, 4.69) is 34.2 Å². The molecule has 1 N–H and O–H groups in total. The molecule has 0 bridgehead atoms. The van der Waals surface area contributed by atoms with Crippen LogP contribution in [-0.2, 0) is 0 Å². The molecule has 2 amide bonds. The molecule has 0 aromatic heterocycles. The lowest BCUT2D eigenvalue weighted by Crippen LogP contribution is -2.49. The maximum Gasteiger partial charge on any atom is 0.317 e. The van der Waals surface area contributed by atoms with Crippen molar-refractivity contribution in [3.8, 4) is 0 Å². The van der Waals surface area contributed by atoms with Gasteiger partial charge in [-0.15, -0.1) is 0 Å². The van der Waals surface area contributed by atoms with E-state index in [-0.39, 0.29) is 6.03 Å². The lowest BCUT2D eigenvalue weighted by atomic mass is 9.86. The maximum atomic E-state index is 12.5. The van der Waals surface area contributed by atoms with Gasteiger partial charge in [-0.05, 0) is 50.5 Å². The molecule has 0 spiro atoms. The highest BCUT2D eigenvalue weighted by molar-refractivity contribution is 5.75. The van der Waals surface area contributed by atoms with Crippen molar-refractivity contribution < 1.29 is 4.79 Å². The topological polar surface area (TPSA) is 35.6 Å². The second kappa shape index (κ2) is 7.49. The molecule has 0 aromatic rings. The number of carbonyl (C=O) groups is 1. The van der Waals surface area contributed by atoms with E-state index in [9.17, 15) is 4.79 Å². The molecule has 2 fully saturated rings. The molecule has 0 radical (unpaired) electrons. The first-order valence-electron chi connectivity index (χ1n) is 9.19. The number of fused-ring (bicyclic) bond motifs is 1. The highest BCUT2D eigenvalue weighted by atomic mass is 16.2. The Bertz CT molecular complexity index is 385. The summed E-state index contributed by atoms with van der Waals surface area (Å²) in [6.45, 7) is 7.66. The van der Waals surface area contributed by atoms with E-state index in [4.69, 9.17) is 0 Å². The quantitative estimate of drug-likeness (QED) is 0.811. The van der Waals surface area contributed by atoms with Crippen LogP contribution in [0.15, 0.2) is 12.2 Å². The fourth-order valence-electron chi connectivity index (χ4n) is 4.13. The molecule has 2 aliphatic heterocycles. The molecule has 0 saturated carbocycles. The van der Waals surface area contributed by atoms with E-state index in [0.29, 0.717) is 17.9 Å². The number of hydrogen-bond acceptors (Lipinski definition) is 2. The Morgan fingerprint density at radius 3 is 2.36 bits per heavy atom. The maximum absolute atomic E-state index is 12.5. The molecule has 124 valence electrons. The average molecular weight is 305 g/mol. The Labute approximate surface area is 134 Å². The van der Waals surface area contributed by atoms with Crippen LogP contribution in [0.25, 0.3) is 0 Å². The summed E-state index contributed by atoms with van der Waals surface area (Å²) in [5.41, 5.74) is 0. The van der Waals surface area contributed by atoms with Gasteiger partial charge < -0.3 is 15.1 Å². The second-order valence-corrected chi connectivity index (χ2v) is 7.29. The third-order valence-corrected chi connectivity index (χ3v) is 5.65. The van der Waals surface area contributed by atoms with Crippen LogP contribution in [0.2, 0.25) is 0 Å². The van der Waals surface area contributed by atoms with Crippen molar-refractivity contribution in [1.82, 2.24) is 15.1 Å². The van der Waals surface area contributed by atoms with Gasteiger partial charge in [0.25, 0.3) is 0 Å². The standard InChI is InChI=1S/C18H31N3O/c1-2-3-10-20-11-8-17(9-12-20)19-18(22)21-13-15-6-4-5-7-16(15)14-21/h4-5,15-17H,2-3,6-14H2,1H3,(H,19,22)/t15-,16+. The molecular formula is C18H31N3O. The fourth-order valence-corrected chi connectivity index (χ4v) is 4.13. The summed E-state index contributed by atoms with van der Waals surface area (Å²) in [4.78, 5) is 17.1. The average Bonchev–Trinajstić information content (AvgIpc) is 2.98. The lowest BCUT2D eigenvalue weighted by Gasteiger charge is -2.33. The fraction of sp³-hybridized carbons (Fsp3) is 0.833. The van der Waals surface area contributed by atoms with Crippen molar-refractivity contribution in [2.75, 3.05) is 32.7 Å². The van der Waals surface area contributed by atoms with Gasteiger partial charge in [0.1, 0.15) is 0 Å². The summed E-state index contributed by atoms with van der Waals surface area (Å²) in [6, 6.07) is 0.563. The van der Waals surface area contributed by atoms with Gasteiger partial charge in [0.05, 0.1) is 0 Å². The normalized spacial score (nSPS) is 29.6. The molecule has 4 nitrogen and oxygen atoms in total. The summed E-state index contributed by atoms with van der Waals surface area (Å²) >= 11 is 0. The Morgan fingerprint density at radius 1 is 1.14 bits per heavy atom. The lowest BCUT2D eigenvalue weighted by molar-refractivity contribution is 0.175. The Kier molecular flexibility index (Phi) is 5.40. The number of nitrogens with zero attached hydrogens (tertiary/aromatic N) is 2. The van der Waals surface area contributed by atoms with Crippen LogP contribution in [0.3, 0.4) is 0 Å². The predicted molar refractivity (Wildman–Crippen MR) is 89.8 cm³/mol. The van der Waals surface area contributed by atoms with Crippen molar-refractivity contribution >= 4 is 6.03 Å². The SMILES string of the molecule is CCCCN1CCC(NC(=O)N2C[C@H]3CC=CC[C@H]3C2)CC1. The first-order valence-corrected chi connectivity index (χ1v) is 9.19. The predicted octanol–water partition coefficient (Wildman–Crippen LogP) is 2.86. The smallest absolute Gasteiger partial charge is 0.317 e. The number of piperidine rings is 1. The van der Waals surface area contributed by atoms with E-state index in [0.717, 1.165) is 51.9 Å². The van der Waals surface area contributed by atoms with Crippen LogP contribution in [0.1, 0.15) is 45.4 Å². The highest BCUT2D eigenvalue weighted by Gasteiger charge is 2.35. The molecule has 2 atom stereocenters. The number of rotatable bonds is 4. The van der Waals surface area contributed by atoms with E-state index in [1.165, 1.54) is 19.4 Å². The van der Waals surface area contributed by atoms with Gasteiger partial charge in [-0.3, -0.25) is 0 Å². The summed E-state index contributed by atoms with van der Waals surface area (Å²) in [5, 5.41) is 3.29. The summed E-state index contributed by atoms with van der Waals surface area (Å²) in [6.07, 6.45) is 11.7. The van der Waals surface area contributed by atoms with Crippen molar-refractivity contribution in [3.63, 3.8) is 0 Å². The van der Waals surface area contributed by atoms with Crippen molar-refractivity contribution in [3.05, 3.63) is 12.2 Å². The summed E-state index contributed by atoms with van der Waals surface area (Å²) in [7, 11) is 0. The van der Waals surface area contributed by atoms with E-state index < -0.39 is 0 Å². The Hall–Kier alpha value is -1.03. The number of carbonyl (C=O) groups excluding carboxylic acids is 1. The molecule has 0 unspecified atom stereocenters. The molecule has 3 aliphatic rings. The van der Waals surface area contributed by atoms with Crippen LogP contribution in [-0.4, -0.2) is 54.6 Å². The number of unbranched alkanes of at least 4 members (excludes halogenated alkanes) is 1. The minimum Gasteiger partial charge on any atom is -0.335 e. The number of amides is 2. The molecule has 22 heavy (non-hydrogen) atoms. The number of allylic oxidation sites excluding steroid dienone is 2. The Morgan fingerprint density at radius 2 is 1.77 bits per heavy atom. The highest BCUT2D eigenvalue weighted by Crippen LogP contribution is 2.32. The van der Waals surface area contributed by atoms with Gasteiger partial charge in [0.2, 0.25) is 0 Å². The summed E-state index contributed by atoms with van der Waals surface area (Å²) < 4.78 is 0. The van der Waals surface area contributed by atoms with Crippen molar-refractivity contribution in [1.29, 1.82) is 0 Å². The van der Waals surface area contributed by atoms with E-state index >= 15 is 0 Å². The third-order valence-electron chi connectivity index (χ3n) is 5.65. The number of nitrogens with one attached hydrogen (secondary N) is 1. The second-order valence-electron chi connectivity index (χ2n) is 7.29. The van der Waals surface area contributed by atoms with Crippen LogP contribution < -0.4 is 5.32 Å². The van der Waals surface area contributed by atoms with Gasteiger partial charge in [0.15, 0.2) is 0 Å². The molecule has 2 saturated heterocycles.